The molecule has 0 fully saturated rings. The van der Waals surface area contributed by atoms with Crippen LogP contribution in [-0.4, -0.2) is 21.1 Å². The summed E-state index contributed by atoms with van der Waals surface area (Å²) in [7, 11) is 2.03. The zero-order valence-corrected chi connectivity index (χ0v) is 14.6. The maximum absolute atomic E-state index is 6.94. The number of hydrogen-bond acceptors (Lipinski definition) is 0. The molecule has 0 spiro atoms. The molecule has 0 saturated carbocycles. The fraction of sp³-hybridized carbons (Fsp3) is 0.375. The molecule has 0 radical (unpaired) electrons. The van der Waals surface area contributed by atoms with Crippen molar-refractivity contribution in [2.75, 3.05) is 0 Å². The van der Waals surface area contributed by atoms with Crippen molar-refractivity contribution in [1.29, 1.82) is 0 Å². The molecule has 2 nitrogen and oxygen atoms in total. The van der Waals surface area contributed by atoms with Gasteiger partial charge in [0, 0.05) is 13.2 Å². The maximum atomic E-state index is 6.94. The molecule has 1 aromatic rings. The van der Waals surface area contributed by atoms with E-state index in [1.807, 2.05) is 27.8 Å². The Hall–Kier alpha value is -0.349. The molecular formula is C16H30N2SiTi. The second kappa shape index (κ2) is 12.4. The summed E-state index contributed by atoms with van der Waals surface area (Å²) in [6.45, 7) is 5.56. The largest absolute Gasteiger partial charge is 4.00 e. The Labute approximate surface area is 145 Å². The molecule has 0 unspecified atom stereocenters. The predicted molar refractivity (Wildman–Crippen MR) is 94.1 cm³/mol. The maximum Gasteiger partial charge on any atom is 4.00 e. The van der Waals surface area contributed by atoms with E-state index in [9.17, 15) is 0 Å². The van der Waals surface area contributed by atoms with Gasteiger partial charge in [-0.05, 0) is 17.2 Å². The zero-order valence-electron chi connectivity index (χ0n) is 13.0. The van der Waals surface area contributed by atoms with E-state index in [0.29, 0.717) is 0 Å². The Balaban J connectivity index is -0.000000128. The van der Waals surface area contributed by atoms with Crippen LogP contribution in [0.4, 0.5) is 0 Å². The van der Waals surface area contributed by atoms with E-state index in [-0.39, 0.29) is 53.1 Å². The van der Waals surface area contributed by atoms with Crippen LogP contribution in [0.3, 0.4) is 0 Å². The number of rotatable bonds is 1. The average Bonchev–Trinajstić information content (AvgIpc) is 2.69. The first-order valence-electron chi connectivity index (χ1n) is 5.50. The molecule has 1 heterocycles. The van der Waals surface area contributed by atoms with E-state index in [4.69, 9.17) is 5.73 Å². The third-order valence-electron chi connectivity index (χ3n) is 1.86. The number of nitrogens with zero attached hydrogens (tertiary/aromatic N) is 1. The molecule has 1 aliphatic rings. The minimum atomic E-state index is -0.250. The van der Waals surface area contributed by atoms with Gasteiger partial charge in [0.05, 0.1) is 0 Å². The van der Waals surface area contributed by atoms with Gasteiger partial charge in [-0.2, -0.15) is 11.6 Å². The van der Waals surface area contributed by atoms with Crippen molar-refractivity contribution in [1.82, 2.24) is 4.57 Å². The van der Waals surface area contributed by atoms with Crippen LogP contribution < -0.4 is 0 Å². The van der Waals surface area contributed by atoms with Gasteiger partial charge >= 0.3 is 21.7 Å². The van der Waals surface area contributed by atoms with E-state index in [1.165, 1.54) is 11.1 Å². The van der Waals surface area contributed by atoms with Gasteiger partial charge in [-0.15, -0.1) is 12.0 Å². The molecule has 20 heavy (non-hydrogen) atoms. The Morgan fingerprint density at radius 2 is 1.75 bits per heavy atom. The molecule has 1 N–H and O–H groups in total. The van der Waals surface area contributed by atoms with Crippen molar-refractivity contribution in [3.8, 4) is 0 Å². The molecule has 0 saturated heterocycles. The number of hydrogen-bond donors (Lipinski definition) is 0. The van der Waals surface area contributed by atoms with Crippen molar-refractivity contribution < 1.29 is 21.7 Å². The van der Waals surface area contributed by atoms with Gasteiger partial charge in [0.25, 0.3) is 0 Å². The van der Waals surface area contributed by atoms with Gasteiger partial charge < -0.3 is 25.2 Å². The number of aryl methyl sites for hydroxylation is 1. The SMILES string of the molecule is CC(C)(C)[NH-].Cn1ccc(C2=CC[C-]=C2)c1.[CH3-].[CH3-].[SiH4].[Ti+4]. The molecule has 4 heteroatoms. The summed E-state index contributed by atoms with van der Waals surface area (Å²) < 4.78 is 2.06. The molecule has 1 aromatic heterocycles. The third kappa shape index (κ3) is 12.7. The topological polar surface area (TPSA) is 28.7 Å². The van der Waals surface area contributed by atoms with Crippen LogP contribution in [0.1, 0.15) is 32.8 Å². The van der Waals surface area contributed by atoms with Crippen molar-refractivity contribution in [2.45, 2.75) is 32.7 Å². The minimum Gasteiger partial charge on any atom is -0.673 e. The first kappa shape index (κ1) is 27.9. The summed E-state index contributed by atoms with van der Waals surface area (Å²) in [5, 5.41) is 0. The van der Waals surface area contributed by atoms with Crippen LogP contribution >= 0.6 is 0 Å². The molecule has 2 rings (SSSR count). The molecule has 0 aliphatic heterocycles. The van der Waals surface area contributed by atoms with E-state index in [2.05, 4.69) is 41.3 Å². The number of aromatic nitrogens is 1. The van der Waals surface area contributed by atoms with Gasteiger partial charge in [-0.1, -0.05) is 32.4 Å². The molecule has 1 aliphatic carbocycles. The summed E-state index contributed by atoms with van der Waals surface area (Å²) in [5.41, 5.74) is 9.27. The van der Waals surface area contributed by atoms with Crippen molar-refractivity contribution in [2.24, 2.45) is 7.05 Å². The summed E-state index contributed by atoms with van der Waals surface area (Å²) in [5.74, 6) is 0. The Morgan fingerprint density at radius 1 is 1.25 bits per heavy atom. The predicted octanol–water partition coefficient (Wildman–Crippen LogP) is 3.46. The Bertz CT molecular complexity index is 395. The second-order valence-corrected chi connectivity index (χ2v) is 5.03. The van der Waals surface area contributed by atoms with Crippen LogP contribution in [0.5, 0.6) is 0 Å². The first-order valence-corrected chi connectivity index (χ1v) is 5.50. The van der Waals surface area contributed by atoms with Crippen molar-refractivity contribution >= 4 is 16.5 Å². The molecule has 0 bridgehead atoms. The summed E-state index contributed by atoms with van der Waals surface area (Å²) in [6, 6.07) is 2.12. The molecule has 112 valence electrons. The molecule has 0 atom stereocenters. The van der Waals surface area contributed by atoms with Crippen LogP contribution in [-0.2, 0) is 28.8 Å². The van der Waals surface area contributed by atoms with Gasteiger partial charge in [0.1, 0.15) is 0 Å². The van der Waals surface area contributed by atoms with E-state index in [1.54, 1.807) is 0 Å². The molecule has 0 aromatic carbocycles. The fourth-order valence-electron chi connectivity index (χ4n) is 1.27. The smallest absolute Gasteiger partial charge is 0.673 e. The third-order valence-corrected chi connectivity index (χ3v) is 1.86. The van der Waals surface area contributed by atoms with Crippen LogP contribution in [0, 0.1) is 20.9 Å². The van der Waals surface area contributed by atoms with Gasteiger partial charge in [-0.25, -0.2) is 6.08 Å². The van der Waals surface area contributed by atoms with E-state index in [0.717, 1.165) is 6.42 Å². The second-order valence-electron chi connectivity index (χ2n) is 5.03. The fourth-order valence-corrected chi connectivity index (χ4v) is 1.27. The standard InChI is InChI=1S/C10H10N.C4H10N.2CH3.H4Si.Ti/c1-11-7-6-10(8-11)9-4-2-3-5-9;1-4(2,3)5;;;;/h4-8H,2H2,1H3;5H,1-3H3;2*1H3;1H4;/q4*-1;;+4. The van der Waals surface area contributed by atoms with E-state index >= 15 is 0 Å². The van der Waals surface area contributed by atoms with Crippen molar-refractivity contribution in [3.05, 3.63) is 62.8 Å². The summed E-state index contributed by atoms with van der Waals surface area (Å²) in [4.78, 5) is 0. The summed E-state index contributed by atoms with van der Waals surface area (Å²) in [6.07, 6.45) is 12.5. The Morgan fingerprint density at radius 3 is 2.05 bits per heavy atom. The van der Waals surface area contributed by atoms with Crippen LogP contribution in [0.15, 0.2) is 30.6 Å². The van der Waals surface area contributed by atoms with Gasteiger partial charge in [0.2, 0.25) is 0 Å². The van der Waals surface area contributed by atoms with E-state index < -0.39 is 0 Å². The normalized spacial score (nSPS) is 11.6. The van der Waals surface area contributed by atoms with Crippen LogP contribution in [0.25, 0.3) is 11.3 Å². The summed E-state index contributed by atoms with van der Waals surface area (Å²) >= 11 is 0. The Kier molecular flexibility index (Phi) is 17.3. The quantitative estimate of drug-likeness (QED) is 0.559. The average molecular weight is 326 g/mol. The van der Waals surface area contributed by atoms with Crippen LogP contribution in [0.2, 0.25) is 0 Å². The molecular weight excluding hydrogens is 296 g/mol. The number of allylic oxidation sites excluding steroid dienone is 4. The molecule has 0 amide bonds. The zero-order chi connectivity index (χ0) is 12.2. The minimum absolute atomic E-state index is 0. The first-order chi connectivity index (χ1) is 7.36. The van der Waals surface area contributed by atoms with Gasteiger partial charge in [-0.3, -0.25) is 6.08 Å². The number of nitrogens with one attached hydrogen (secondary N) is 1. The van der Waals surface area contributed by atoms with Gasteiger partial charge in [0.15, 0.2) is 0 Å². The monoisotopic (exact) mass is 326 g/mol. The van der Waals surface area contributed by atoms with Crippen molar-refractivity contribution in [3.63, 3.8) is 0 Å².